The second-order valence-electron chi connectivity index (χ2n) is 10.7. The molecule has 7 nitrogen and oxygen atoms in total. The number of carbonyl (C=O) groups excluding carboxylic acids is 1. The van der Waals surface area contributed by atoms with Crippen molar-refractivity contribution >= 4 is 5.91 Å². The summed E-state index contributed by atoms with van der Waals surface area (Å²) in [6, 6.07) is 15.6. The molecule has 1 aliphatic carbocycles. The van der Waals surface area contributed by atoms with Crippen molar-refractivity contribution in [3.8, 4) is 6.07 Å². The Balaban J connectivity index is 1.60. The SMILES string of the molecule is CC(C)CNC(=O)[C@@]1(OCc2ccccc2F)CC(OCc2ccc(C#N)cc2)[C@@H]2OC(C)(C)O[C@@H]2C1. The van der Waals surface area contributed by atoms with E-state index >= 15 is 0 Å². The van der Waals surface area contributed by atoms with Crippen LogP contribution >= 0.6 is 0 Å². The van der Waals surface area contributed by atoms with Gasteiger partial charge in [-0.05, 0) is 43.5 Å². The Morgan fingerprint density at radius 1 is 1.14 bits per heavy atom. The molecule has 0 radical (unpaired) electrons. The predicted molar refractivity (Wildman–Crippen MR) is 135 cm³/mol. The molecule has 198 valence electrons. The van der Waals surface area contributed by atoms with Gasteiger partial charge in [0.2, 0.25) is 0 Å². The highest BCUT2D eigenvalue weighted by molar-refractivity contribution is 5.85. The maximum absolute atomic E-state index is 14.4. The van der Waals surface area contributed by atoms with Crippen LogP contribution in [0.5, 0.6) is 0 Å². The molecular weight excluding hydrogens is 475 g/mol. The number of carbonyl (C=O) groups is 1. The zero-order valence-electron chi connectivity index (χ0n) is 21.8. The molecule has 1 heterocycles. The summed E-state index contributed by atoms with van der Waals surface area (Å²) in [5.41, 5.74) is 0.538. The van der Waals surface area contributed by atoms with Crippen molar-refractivity contribution in [2.45, 2.75) is 83.5 Å². The predicted octanol–water partition coefficient (Wildman–Crippen LogP) is 4.62. The quantitative estimate of drug-likeness (QED) is 0.529. The summed E-state index contributed by atoms with van der Waals surface area (Å²) in [7, 11) is 0. The molecule has 2 aliphatic rings. The minimum atomic E-state index is -1.29. The number of fused-ring (bicyclic) bond motifs is 1. The van der Waals surface area contributed by atoms with E-state index < -0.39 is 29.7 Å². The fourth-order valence-corrected chi connectivity index (χ4v) is 4.88. The Morgan fingerprint density at radius 2 is 1.86 bits per heavy atom. The molecule has 1 saturated carbocycles. The third-order valence-electron chi connectivity index (χ3n) is 6.74. The maximum atomic E-state index is 14.4. The van der Waals surface area contributed by atoms with E-state index in [4.69, 9.17) is 24.2 Å². The van der Waals surface area contributed by atoms with Crippen LogP contribution in [0.1, 0.15) is 57.2 Å². The van der Waals surface area contributed by atoms with E-state index in [2.05, 4.69) is 11.4 Å². The lowest BCUT2D eigenvalue weighted by Gasteiger charge is -2.43. The van der Waals surface area contributed by atoms with Crippen LogP contribution in [0.3, 0.4) is 0 Å². The molecule has 4 rings (SSSR count). The molecule has 1 aliphatic heterocycles. The van der Waals surface area contributed by atoms with Gasteiger partial charge in [-0.2, -0.15) is 5.26 Å². The first-order valence-electron chi connectivity index (χ1n) is 12.7. The zero-order chi connectivity index (χ0) is 26.6. The molecule has 0 spiro atoms. The summed E-state index contributed by atoms with van der Waals surface area (Å²) < 4.78 is 39.5. The van der Waals surface area contributed by atoms with Crippen molar-refractivity contribution < 1.29 is 28.1 Å². The number of nitriles is 1. The summed E-state index contributed by atoms with van der Waals surface area (Å²) in [5, 5.41) is 12.1. The molecule has 0 bridgehead atoms. The van der Waals surface area contributed by atoms with Gasteiger partial charge in [0.1, 0.15) is 11.9 Å². The van der Waals surface area contributed by atoms with E-state index in [0.29, 0.717) is 17.7 Å². The molecule has 8 heteroatoms. The summed E-state index contributed by atoms with van der Waals surface area (Å²) >= 11 is 0. The van der Waals surface area contributed by atoms with Gasteiger partial charge in [-0.3, -0.25) is 4.79 Å². The Morgan fingerprint density at radius 3 is 2.54 bits per heavy atom. The summed E-state index contributed by atoms with van der Waals surface area (Å²) in [6.07, 6.45) is -0.864. The molecule has 1 N–H and O–H groups in total. The van der Waals surface area contributed by atoms with E-state index in [1.807, 2.05) is 39.8 Å². The van der Waals surface area contributed by atoms with E-state index in [-0.39, 0.29) is 43.7 Å². The van der Waals surface area contributed by atoms with Crippen LogP contribution in [0.4, 0.5) is 4.39 Å². The average molecular weight is 511 g/mol. The number of hydrogen-bond acceptors (Lipinski definition) is 6. The second kappa shape index (κ2) is 11.3. The third-order valence-corrected chi connectivity index (χ3v) is 6.74. The van der Waals surface area contributed by atoms with Crippen LogP contribution in [0.15, 0.2) is 48.5 Å². The molecule has 2 aromatic rings. The highest BCUT2D eigenvalue weighted by Gasteiger charge is 2.58. The van der Waals surface area contributed by atoms with Crippen molar-refractivity contribution in [3.63, 3.8) is 0 Å². The standard InChI is InChI=1S/C29H35FN2O5/c1-19(2)16-32-27(33)29(35-18-22-7-5-6-8-23(22)30)13-24(26-25(14-29)36-28(3,4)37-26)34-17-21-11-9-20(15-31)10-12-21/h5-12,19,24-26H,13-14,16-18H2,1-4H3,(H,32,33)/t24?,25-,26+,29-/m1/s1. The topological polar surface area (TPSA) is 89.8 Å². The van der Waals surface area contributed by atoms with Crippen LogP contribution in [0.25, 0.3) is 0 Å². The van der Waals surface area contributed by atoms with Gasteiger partial charge < -0.3 is 24.3 Å². The third kappa shape index (κ3) is 6.55. The monoisotopic (exact) mass is 510 g/mol. The van der Waals surface area contributed by atoms with Crippen molar-refractivity contribution in [1.29, 1.82) is 5.26 Å². The first-order valence-corrected chi connectivity index (χ1v) is 12.7. The number of amides is 1. The molecule has 1 unspecified atom stereocenters. The number of ether oxygens (including phenoxy) is 4. The minimum Gasteiger partial charge on any atom is -0.371 e. The smallest absolute Gasteiger partial charge is 0.252 e. The van der Waals surface area contributed by atoms with Gasteiger partial charge in [0, 0.05) is 24.9 Å². The lowest BCUT2D eigenvalue weighted by Crippen LogP contribution is -2.60. The molecule has 2 fully saturated rings. The van der Waals surface area contributed by atoms with E-state index in [9.17, 15) is 9.18 Å². The van der Waals surface area contributed by atoms with Crippen molar-refractivity contribution in [2.75, 3.05) is 6.54 Å². The minimum absolute atomic E-state index is 0.0637. The lowest BCUT2D eigenvalue weighted by atomic mass is 9.78. The Bertz CT molecular complexity index is 1130. The normalized spacial score (nSPS) is 26.5. The summed E-state index contributed by atoms with van der Waals surface area (Å²) in [5.74, 6) is -1.25. The Labute approximate surface area is 217 Å². The maximum Gasteiger partial charge on any atom is 0.252 e. The van der Waals surface area contributed by atoms with Crippen LogP contribution in [0, 0.1) is 23.1 Å². The second-order valence-corrected chi connectivity index (χ2v) is 10.7. The highest BCUT2D eigenvalue weighted by Crippen LogP contribution is 2.44. The first-order chi connectivity index (χ1) is 17.6. The molecule has 4 atom stereocenters. The molecule has 1 saturated heterocycles. The van der Waals surface area contributed by atoms with Gasteiger partial charge in [0.25, 0.3) is 5.91 Å². The van der Waals surface area contributed by atoms with Gasteiger partial charge in [-0.15, -0.1) is 0 Å². The largest absolute Gasteiger partial charge is 0.371 e. The summed E-state index contributed by atoms with van der Waals surface area (Å²) in [6.45, 7) is 8.39. The Hall–Kier alpha value is -2.83. The van der Waals surface area contributed by atoms with Crippen LogP contribution in [0.2, 0.25) is 0 Å². The van der Waals surface area contributed by atoms with Gasteiger partial charge in [-0.25, -0.2) is 4.39 Å². The van der Waals surface area contributed by atoms with E-state index in [0.717, 1.165) is 5.56 Å². The van der Waals surface area contributed by atoms with Gasteiger partial charge in [-0.1, -0.05) is 44.2 Å². The number of nitrogens with zero attached hydrogens (tertiary/aromatic N) is 1. The zero-order valence-corrected chi connectivity index (χ0v) is 21.8. The molecule has 0 aromatic heterocycles. The fourth-order valence-electron chi connectivity index (χ4n) is 4.88. The fraction of sp³-hybridized carbons (Fsp3) is 0.517. The van der Waals surface area contributed by atoms with Crippen LogP contribution in [-0.2, 0) is 37.0 Å². The van der Waals surface area contributed by atoms with E-state index in [1.54, 1.807) is 30.3 Å². The van der Waals surface area contributed by atoms with Crippen molar-refractivity contribution in [1.82, 2.24) is 5.32 Å². The summed E-state index contributed by atoms with van der Waals surface area (Å²) in [4.78, 5) is 13.7. The van der Waals surface area contributed by atoms with Crippen molar-refractivity contribution in [3.05, 3.63) is 71.0 Å². The molecule has 2 aromatic carbocycles. The van der Waals surface area contributed by atoms with Crippen molar-refractivity contribution in [2.24, 2.45) is 5.92 Å². The molecule has 37 heavy (non-hydrogen) atoms. The van der Waals surface area contributed by atoms with Crippen LogP contribution in [-0.4, -0.2) is 42.2 Å². The van der Waals surface area contributed by atoms with Gasteiger partial charge in [0.15, 0.2) is 11.4 Å². The van der Waals surface area contributed by atoms with Gasteiger partial charge >= 0.3 is 0 Å². The number of benzene rings is 2. The first kappa shape index (κ1) is 27.2. The average Bonchev–Trinajstić information content (AvgIpc) is 3.19. The Kier molecular flexibility index (Phi) is 8.29. The molecular formula is C29H35FN2O5. The van der Waals surface area contributed by atoms with Crippen LogP contribution < -0.4 is 5.32 Å². The number of halogens is 1. The lowest BCUT2D eigenvalue weighted by molar-refractivity contribution is -0.183. The number of hydrogen-bond donors (Lipinski definition) is 1. The number of rotatable bonds is 9. The molecule has 1 amide bonds. The van der Waals surface area contributed by atoms with Gasteiger partial charge in [0.05, 0.1) is 37.1 Å². The van der Waals surface area contributed by atoms with E-state index in [1.165, 1.54) is 6.07 Å². The highest BCUT2D eigenvalue weighted by atomic mass is 19.1. The number of nitrogens with one attached hydrogen (secondary N) is 1.